The van der Waals surface area contributed by atoms with E-state index in [-0.39, 0.29) is 22.9 Å². The highest BCUT2D eigenvalue weighted by Crippen LogP contribution is 2.60. The van der Waals surface area contributed by atoms with E-state index >= 15 is 0 Å². The van der Waals surface area contributed by atoms with Gasteiger partial charge in [-0.3, -0.25) is 9.48 Å². The number of hydrogen-bond donors (Lipinski definition) is 0. The first-order valence-electron chi connectivity index (χ1n) is 12.6. The lowest BCUT2D eigenvalue weighted by Crippen LogP contribution is -2.21. The van der Waals surface area contributed by atoms with Crippen molar-refractivity contribution in [2.45, 2.75) is 51.7 Å². The van der Waals surface area contributed by atoms with Crippen LogP contribution in [0.3, 0.4) is 0 Å². The summed E-state index contributed by atoms with van der Waals surface area (Å²) < 4.78 is 14.0. The maximum Gasteiger partial charge on any atom is 0.290 e. The third kappa shape index (κ3) is 4.64. The summed E-state index contributed by atoms with van der Waals surface area (Å²) in [6.45, 7) is 6.90. The zero-order valence-corrected chi connectivity index (χ0v) is 22.0. The zero-order chi connectivity index (χ0) is 26.4. The molecule has 3 aromatic rings. The Morgan fingerprint density at radius 1 is 1.24 bits per heavy atom. The van der Waals surface area contributed by atoms with Crippen molar-refractivity contribution < 1.29 is 14.3 Å². The number of aromatic nitrogens is 2. The first-order valence-corrected chi connectivity index (χ1v) is 12.6. The SMILES string of the molecule is CO[C@H](c1cc(COc2ccc3c(c2)[C@@]2(CC=C3)C[C@@H]2C(=O)N=O)ccc1-c1cnn(C)c1)C(C)(C)C. The monoisotopic (exact) mass is 499 g/mol. The molecule has 2 aromatic carbocycles. The minimum atomic E-state index is -0.555. The molecule has 0 radical (unpaired) electrons. The first-order chi connectivity index (χ1) is 17.7. The van der Waals surface area contributed by atoms with Crippen LogP contribution in [-0.4, -0.2) is 22.8 Å². The van der Waals surface area contributed by atoms with Gasteiger partial charge in [0.15, 0.2) is 0 Å². The molecule has 0 aliphatic heterocycles. The van der Waals surface area contributed by atoms with Gasteiger partial charge >= 0.3 is 0 Å². The van der Waals surface area contributed by atoms with Crippen molar-refractivity contribution in [2.75, 3.05) is 7.11 Å². The molecule has 7 nitrogen and oxygen atoms in total. The number of hydrogen-bond acceptors (Lipinski definition) is 5. The quantitative estimate of drug-likeness (QED) is 0.353. The van der Waals surface area contributed by atoms with Crippen molar-refractivity contribution >= 4 is 12.0 Å². The third-order valence-corrected chi connectivity index (χ3v) is 7.65. The van der Waals surface area contributed by atoms with Crippen molar-refractivity contribution in [1.82, 2.24) is 9.78 Å². The molecule has 7 heteroatoms. The van der Waals surface area contributed by atoms with Crippen molar-refractivity contribution in [2.24, 2.45) is 23.6 Å². The predicted molar refractivity (Wildman–Crippen MR) is 143 cm³/mol. The molecule has 0 saturated heterocycles. The topological polar surface area (TPSA) is 82.8 Å². The van der Waals surface area contributed by atoms with Gasteiger partial charge in [-0.05, 0) is 64.3 Å². The molecule has 2 aliphatic rings. The Morgan fingerprint density at radius 3 is 2.73 bits per heavy atom. The van der Waals surface area contributed by atoms with E-state index in [0.717, 1.165) is 45.6 Å². The van der Waals surface area contributed by atoms with Crippen molar-refractivity contribution in [3.8, 4) is 16.9 Å². The molecule has 5 rings (SSSR count). The van der Waals surface area contributed by atoms with Crippen molar-refractivity contribution in [3.63, 3.8) is 0 Å². The lowest BCUT2D eigenvalue weighted by Gasteiger charge is -2.31. The van der Waals surface area contributed by atoms with Gasteiger partial charge in [-0.2, -0.15) is 5.10 Å². The van der Waals surface area contributed by atoms with E-state index in [1.54, 1.807) is 11.8 Å². The number of fused-ring (bicyclic) bond motifs is 2. The maximum atomic E-state index is 12.0. The Labute approximate surface area is 217 Å². The highest BCUT2D eigenvalue weighted by Gasteiger charge is 2.60. The second-order valence-electron chi connectivity index (χ2n) is 11.3. The number of ether oxygens (including phenoxy) is 2. The number of allylic oxidation sites excluding steroid dienone is 1. The molecule has 1 spiro atoms. The molecule has 1 fully saturated rings. The predicted octanol–water partition coefficient (Wildman–Crippen LogP) is 6.37. The summed E-state index contributed by atoms with van der Waals surface area (Å²) in [4.78, 5) is 22.9. The van der Waals surface area contributed by atoms with E-state index in [4.69, 9.17) is 9.47 Å². The molecule has 0 bridgehead atoms. The largest absolute Gasteiger partial charge is 0.489 e. The Bertz CT molecular complexity index is 1380. The number of methoxy groups -OCH3 is 1. The second kappa shape index (κ2) is 9.38. The number of rotatable bonds is 7. The fourth-order valence-corrected chi connectivity index (χ4v) is 5.78. The highest BCUT2D eigenvalue weighted by atomic mass is 16.5. The molecule has 192 valence electrons. The number of amides is 1. The second-order valence-corrected chi connectivity index (χ2v) is 11.3. The van der Waals surface area contributed by atoms with E-state index < -0.39 is 5.91 Å². The summed E-state index contributed by atoms with van der Waals surface area (Å²) >= 11 is 0. The van der Waals surface area contributed by atoms with Crippen molar-refractivity contribution in [3.05, 3.63) is 82.0 Å². The lowest BCUT2D eigenvalue weighted by molar-refractivity contribution is -0.119. The Balaban J connectivity index is 1.42. The molecule has 3 atom stereocenters. The van der Waals surface area contributed by atoms with Crippen LogP contribution in [0.25, 0.3) is 17.2 Å². The molecular weight excluding hydrogens is 466 g/mol. The highest BCUT2D eigenvalue weighted by molar-refractivity contribution is 5.86. The van der Waals surface area contributed by atoms with Gasteiger partial charge in [0.1, 0.15) is 12.4 Å². The van der Waals surface area contributed by atoms with Crippen LogP contribution >= 0.6 is 0 Å². The summed E-state index contributed by atoms with van der Waals surface area (Å²) in [5.74, 6) is -0.155. The van der Waals surface area contributed by atoms with E-state index in [1.807, 2.05) is 37.6 Å². The van der Waals surface area contributed by atoms with Gasteiger partial charge in [0, 0.05) is 36.5 Å². The minimum Gasteiger partial charge on any atom is -0.489 e. The van der Waals surface area contributed by atoms with Crippen LogP contribution in [0.5, 0.6) is 5.75 Å². The van der Waals surface area contributed by atoms with Gasteiger partial charge < -0.3 is 9.47 Å². The van der Waals surface area contributed by atoms with E-state index in [0.29, 0.717) is 13.0 Å². The average Bonchev–Trinajstić information content (AvgIpc) is 3.42. The molecule has 1 saturated carbocycles. The van der Waals surface area contributed by atoms with Gasteiger partial charge in [0.2, 0.25) is 0 Å². The fraction of sp³-hybridized carbons (Fsp3) is 0.400. The summed E-state index contributed by atoms with van der Waals surface area (Å²) in [7, 11) is 3.66. The van der Waals surface area contributed by atoms with Crippen LogP contribution in [0.4, 0.5) is 0 Å². The van der Waals surface area contributed by atoms with Crippen LogP contribution in [0.15, 0.2) is 60.0 Å². The number of carbonyl (C=O) groups is 1. The molecule has 0 unspecified atom stereocenters. The van der Waals surface area contributed by atoms with Crippen LogP contribution in [0.1, 0.15) is 62.0 Å². The minimum absolute atomic E-state index is 0.111. The molecule has 0 N–H and O–H groups in total. The summed E-state index contributed by atoms with van der Waals surface area (Å²) in [6, 6.07) is 12.4. The normalized spacial score (nSPS) is 20.9. The van der Waals surface area contributed by atoms with E-state index in [2.05, 4.69) is 61.4 Å². The summed E-state index contributed by atoms with van der Waals surface area (Å²) in [5, 5.41) is 7.04. The Morgan fingerprint density at radius 2 is 2.05 bits per heavy atom. The lowest BCUT2D eigenvalue weighted by atomic mass is 9.81. The summed E-state index contributed by atoms with van der Waals surface area (Å²) in [5.41, 5.74) is 5.96. The van der Waals surface area contributed by atoms with Crippen LogP contribution in [0, 0.1) is 16.2 Å². The maximum absolute atomic E-state index is 12.0. The number of benzene rings is 2. The molecule has 1 aromatic heterocycles. The summed E-state index contributed by atoms with van der Waals surface area (Å²) in [6.07, 6.45) is 9.30. The van der Waals surface area contributed by atoms with Crippen LogP contribution in [-0.2, 0) is 28.6 Å². The van der Waals surface area contributed by atoms with Crippen LogP contribution in [0.2, 0.25) is 0 Å². The zero-order valence-electron chi connectivity index (χ0n) is 22.0. The molecule has 1 amide bonds. The molecular formula is C30H33N3O4. The molecule has 1 heterocycles. The van der Waals surface area contributed by atoms with Gasteiger partial charge in [0.25, 0.3) is 5.91 Å². The number of carbonyl (C=O) groups excluding carboxylic acids is 1. The Hall–Kier alpha value is -3.58. The standard InChI is InChI=1S/C30H33N3O4/c1-29(2,3)27(36-5)24-13-19(8-11-23(24)21-16-31-33(4)17-21)18-37-22-10-9-20-7-6-12-30(25(20)14-22)15-26(30)28(34)32-35/h6-11,13-14,16-17,26-27H,12,15,18H2,1-5H3/t26-,27-,30-/m1/s1. The van der Waals surface area contributed by atoms with Crippen LogP contribution < -0.4 is 4.74 Å². The number of nitrogens with zero attached hydrogens (tertiary/aromatic N) is 3. The van der Waals surface area contributed by atoms with Gasteiger partial charge in [0.05, 0.1) is 18.2 Å². The molecule has 2 aliphatic carbocycles. The molecule has 37 heavy (non-hydrogen) atoms. The van der Waals surface area contributed by atoms with E-state index in [1.165, 1.54) is 0 Å². The number of aryl methyl sites for hydroxylation is 1. The fourth-order valence-electron chi connectivity index (χ4n) is 5.78. The van der Waals surface area contributed by atoms with Gasteiger partial charge in [-0.1, -0.05) is 51.1 Å². The number of nitroso groups, excluding NO2 is 1. The van der Waals surface area contributed by atoms with Crippen molar-refractivity contribution in [1.29, 1.82) is 0 Å². The van der Waals surface area contributed by atoms with Gasteiger partial charge in [-0.25, -0.2) is 0 Å². The first kappa shape index (κ1) is 25.1. The van der Waals surface area contributed by atoms with Gasteiger partial charge in [-0.15, -0.1) is 4.91 Å². The van der Waals surface area contributed by atoms with E-state index in [9.17, 15) is 9.70 Å². The Kier molecular flexibility index (Phi) is 6.36. The third-order valence-electron chi connectivity index (χ3n) is 7.65. The smallest absolute Gasteiger partial charge is 0.290 e. The average molecular weight is 500 g/mol.